The highest BCUT2D eigenvalue weighted by Crippen LogP contribution is 2.45. The van der Waals surface area contributed by atoms with E-state index in [1.807, 2.05) is 48.5 Å². The second-order valence-electron chi connectivity index (χ2n) is 13.0. The van der Waals surface area contributed by atoms with Crippen LogP contribution in [-0.4, -0.2) is 65.8 Å². The fourth-order valence-electron chi connectivity index (χ4n) is 5.66. The van der Waals surface area contributed by atoms with Gasteiger partial charge in [-0.3, -0.25) is 14.5 Å². The Labute approximate surface area is 219 Å². The largest absolute Gasteiger partial charge is 0.346 e. The first-order valence-corrected chi connectivity index (χ1v) is 13.9. The average molecular weight is 530 g/mol. The van der Waals surface area contributed by atoms with Gasteiger partial charge in [0.15, 0.2) is 5.53 Å². The molecule has 3 aliphatic rings. The van der Waals surface area contributed by atoms with E-state index >= 15 is 0 Å². The first-order chi connectivity index (χ1) is 16.4. The van der Waals surface area contributed by atoms with Crippen LogP contribution in [0.1, 0.15) is 94.4 Å². The van der Waals surface area contributed by atoms with Gasteiger partial charge in [-0.15, -0.1) is 0 Å². The number of carbonyl (C=O) groups is 2. The van der Waals surface area contributed by atoms with Crippen molar-refractivity contribution >= 4 is 21.1 Å². The summed E-state index contributed by atoms with van der Waals surface area (Å²) in [6.45, 7) is 19.7. The lowest BCUT2D eigenvalue weighted by Gasteiger charge is -2.52. The Morgan fingerprint density at radius 2 is 1.39 bits per heavy atom. The number of hydrogen-bond donors (Lipinski definition) is 0. The summed E-state index contributed by atoms with van der Waals surface area (Å²) in [6.07, 6.45) is 2.40. The zero-order valence-electron chi connectivity index (χ0n) is 23.8. The van der Waals surface area contributed by atoms with Crippen molar-refractivity contribution in [3.63, 3.8) is 0 Å². The monoisotopic (exact) mass is 529 g/mol. The highest BCUT2D eigenvalue weighted by molar-refractivity contribution is 7.18. The molecule has 0 N–H and O–H groups in total. The van der Waals surface area contributed by atoms with E-state index in [2.05, 4.69) is 23.1 Å². The standard InChI is InChI=1S/C27H48NO7P/c1-10-26(31-15-25(16-32-26)17-33-27(36,11-2)34-18-25)35-23(7,8)14-22(5,6)28-20(29)12-24(9,19(3)4)13-21(28)30/h19H,10-18,36H2,1-9H3. The molecule has 3 aliphatic heterocycles. The van der Waals surface area contributed by atoms with Crippen molar-refractivity contribution in [3.8, 4) is 0 Å². The minimum absolute atomic E-state index is 0.116. The van der Waals surface area contributed by atoms with Gasteiger partial charge in [-0.1, -0.05) is 43.9 Å². The fraction of sp³-hybridized carbons (Fsp3) is 0.926. The normalized spacial score (nSPS) is 34.0. The lowest BCUT2D eigenvalue weighted by Crippen LogP contribution is -2.61. The molecule has 0 aromatic heterocycles. The van der Waals surface area contributed by atoms with E-state index in [0.717, 1.165) is 6.42 Å². The molecule has 9 heteroatoms. The van der Waals surface area contributed by atoms with Crippen molar-refractivity contribution in [2.75, 3.05) is 26.4 Å². The Bertz CT molecular complexity index is 804. The lowest BCUT2D eigenvalue weighted by molar-refractivity contribution is -0.454. The van der Waals surface area contributed by atoms with Gasteiger partial charge in [-0.25, -0.2) is 0 Å². The second-order valence-corrected chi connectivity index (χ2v) is 13.9. The fourth-order valence-corrected chi connectivity index (χ4v) is 5.83. The van der Waals surface area contributed by atoms with E-state index in [1.54, 1.807) is 0 Å². The van der Waals surface area contributed by atoms with Crippen molar-refractivity contribution in [3.05, 3.63) is 0 Å². The smallest absolute Gasteiger partial charge is 0.283 e. The van der Waals surface area contributed by atoms with Gasteiger partial charge in [0, 0.05) is 31.2 Å². The highest BCUT2D eigenvalue weighted by Gasteiger charge is 2.53. The Morgan fingerprint density at radius 3 is 1.81 bits per heavy atom. The van der Waals surface area contributed by atoms with Crippen LogP contribution in [0, 0.1) is 16.7 Å². The van der Waals surface area contributed by atoms with E-state index in [4.69, 9.17) is 23.7 Å². The van der Waals surface area contributed by atoms with Crippen LogP contribution in [0.4, 0.5) is 0 Å². The molecule has 8 nitrogen and oxygen atoms in total. The van der Waals surface area contributed by atoms with Crippen molar-refractivity contribution in [1.29, 1.82) is 0 Å². The third-order valence-electron chi connectivity index (χ3n) is 8.27. The minimum atomic E-state index is -1.21. The van der Waals surface area contributed by atoms with Crippen LogP contribution >= 0.6 is 9.24 Å². The molecule has 0 saturated carbocycles. The van der Waals surface area contributed by atoms with Crippen LogP contribution in [-0.2, 0) is 33.3 Å². The van der Waals surface area contributed by atoms with Gasteiger partial charge in [0.25, 0.3) is 5.97 Å². The summed E-state index contributed by atoms with van der Waals surface area (Å²) >= 11 is 0. The third kappa shape index (κ3) is 6.16. The predicted octanol–water partition coefficient (Wildman–Crippen LogP) is 4.84. The summed E-state index contributed by atoms with van der Waals surface area (Å²) in [5.74, 6) is -1.19. The Hall–Kier alpha value is -0.630. The quantitative estimate of drug-likeness (QED) is 0.329. The molecular formula is C27H48NO7P. The molecule has 208 valence electrons. The number of imide groups is 1. The topological polar surface area (TPSA) is 83.5 Å². The second kappa shape index (κ2) is 10.2. The molecule has 1 spiro atoms. The third-order valence-corrected chi connectivity index (χ3v) is 9.01. The maximum atomic E-state index is 13.2. The number of ether oxygens (including phenoxy) is 5. The van der Waals surface area contributed by atoms with Crippen LogP contribution in [0.2, 0.25) is 0 Å². The summed E-state index contributed by atoms with van der Waals surface area (Å²) in [4.78, 5) is 27.8. The molecular weight excluding hydrogens is 481 g/mol. The van der Waals surface area contributed by atoms with Crippen LogP contribution in [0.3, 0.4) is 0 Å². The molecule has 1 unspecified atom stereocenters. The number of rotatable bonds is 8. The molecule has 3 rings (SSSR count). The van der Waals surface area contributed by atoms with Crippen molar-refractivity contribution in [2.24, 2.45) is 16.7 Å². The maximum Gasteiger partial charge on any atom is 0.283 e. The molecule has 0 aromatic rings. The zero-order valence-corrected chi connectivity index (χ0v) is 25.0. The molecule has 0 radical (unpaired) electrons. The van der Waals surface area contributed by atoms with Crippen molar-refractivity contribution in [1.82, 2.24) is 4.90 Å². The van der Waals surface area contributed by atoms with Gasteiger partial charge in [0.05, 0.1) is 37.4 Å². The van der Waals surface area contributed by atoms with Gasteiger partial charge in [-0.05, 0) is 45.4 Å². The number of amides is 2. The highest BCUT2D eigenvalue weighted by atomic mass is 31.0. The van der Waals surface area contributed by atoms with Gasteiger partial charge in [0.1, 0.15) is 0 Å². The van der Waals surface area contributed by atoms with E-state index in [9.17, 15) is 9.59 Å². The number of nitrogens with zero attached hydrogens (tertiary/aromatic N) is 1. The van der Waals surface area contributed by atoms with E-state index < -0.39 is 22.6 Å². The molecule has 0 aliphatic carbocycles. The van der Waals surface area contributed by atoms with Crippen LogP contribution in [0.5, 0.6) is 0 Å². The molecule has 3 heterocycles. The summed E-state index contributed by atoms with van der Waals surface area (Å²) in [5.41, 5.74) is -2.80. The number of likely N-dealkylation sites (tertiary alicyclic amines) is 1. The summed E-state index contributed by atoms with van der Waals surface area (Å²) in [5, 5.41) is 0. The molecule has 3 fully saturated rings. The van der Waals surface area contributed by atoms with Crippen molar-refractivity contribution in [2.45, 2.75) is 117 Å². The maximum absolute atomic E-state index is 13.2. The summed E-state index contributed by atoms with van der Waals surface area (Å²) < 4.78 is 30.9. The van der Waals surface area contributed by atoms with Crippen LogP contribution < -0.4 is 0 Å². The SMILES string of the molecule is CCC1(P)OCC2(CO1)COC(CC)(OC(C)(C)CC(C)(C)N1C(=O)CC(C)(C(C)C)CC1=O)OC2. The molecule has 36 heavy (non-hydrogen) atoms. The Kier molecular flexibility index (Phi) is 8.45. The van der Waals surface area contributed by atoms with Gasteiger partial charge >= 0.3 is 0 Å². The zero-order chi connectivity index (χ0) is 27.2. The van der Waals surface area contributed by atoms with Gasteiger partial charge < -0.3 is 23.7 Å². The van der Waals surface area contributed by atoms with Crippen LogP contribution in [0.25, 0.3) is 0 Å². The Morgan fingerprint density at radius 1 is 0.917 bits per heavy atom. The number of hydrogen-bond acceptors (Lipinski definition) is 7. The molecule has 0 bridgehead atoms. The first-order valence-electron chi connectivity index (χ1n) is 13.3. The predicted molar refractivity (Wildman–Crippen MR) is 140 cm³/mol. The van der Waals surface area contributed by atoms with Gasteiger partial charge in [0.2, 0.25) is 11.8 Å². The van der Waals surface area contributed by atoms with Gasteiger partial charge in [-0.2, -0.15) is 0 Å². The van der Waals surface area contributed by atoms with Crippen molar-refractivity contribution < 1.29 is 33.3 Å². The molecule has 3 saturated heterocycles. The summed E-state index contributed by atoms with van der Waals surface area (Å²) in [6, 6.07) is 0. The lowest BCUT2D eigenvalue weighted by atomic mass is 9.70. The number of carbonyl (C=O) groups excluding carboxylic acids is 2. The van der Waals surface area contributed by atoms with Crippen LogP contribution in [0.15, 0.2) is 0 Å². The summed E-state index contributed by atoms with van der Waals surface area (Å²) in [7, 11) is 2.64. The molecule has 1 atom stereocenters. The minimum Gasteiger partial charge on any atom is -0.346 e. The Balaban J connectivity index is 1.66. The molecule has 0 aromatic carbocycles. The first kappa shape index (κ1) is 29.9. The van der Waals surface area contributed by atoms with E-state index in [0.29, 0.717) is 52.1 Å². The van der Waals surface area contributed by atoms with E-state index in [-0.39, 0.29) is 28.6 Å². The number of piperidine rings is 1. The average Bonchev–Trinajstić information content (AvgIpc) is 2.76. The van der Waals surface area contributed by atoms with E-state index in [1.165, 1.54) is 4.90 Å². The molecule has 2 amide bonds.